The van der Waals surface area contributed by atoms with Gasteiger partial charge in [-0.05, 0) is 33.1 Å². The van der Waals surface area contributed by atoms with Crippen LogP contribution in [0.1, 0.15) is 50.9 Å². The van der Waals surface area contributed by atoms with Crippen molar-refractivity contribution in [3.63, 3.8) is 0 Å². The molecule has 2 N–H and O–H groups in total. The second kappa shape index (κ2) is 5.34. The first-order valence-corrected chi connectivity index (χ1v) is 6.30. The quantitative estimate of drug-likeness (QED) is 0.829. The lowest BCUT2D eigenvalue weighted by molar-refractivity contribution is -0.0222. The number of hydrogen-bond donors (Lipinski definition) is 1. The average molecular weight is 255 g/mol. The number of nitrogens with two attached hydrogens (primary N) is 1. The molecular formula is C12H21N3O3. The summed E-state index contributed by atoms with van der Waals surface area (Å²) in [5.74, 6) is 0.897. The van der Waals surface area contributed by atoms with Crippen LogP contribution >= 0.6 is 0 Å². The van der Waals surface area contributed by atoms with Gasteiger partial charge in [-0.1, -0.05) is 5.16 Å². The Kier molecular flexibility index (Phi) is 3.99. The Balaban J connectivity index is 1.96. The summed E-state index contributed by atoms with van der Waals surface area (Å²) >= 11 is 0. The molecule has 0 aromatic carbocycles. The Morgan fingerprint density at radius 3 is 2.83 bits per heavy atom. The van der Waals surface area contributed by atoms with E-state index in [2.05, 4.69) is 10.1 Å². The van der Waals surface area contributed by atoms with Gasteiger partial charge >= 0.3 is 0 Å². The average Bonchev–Trinajstić information content (AvgIpc) is 2.75. The maximum Gasteiger partial charge on any atom is 0.255 e. The van der Waals surface area contributed by atoms with E-state index in [4.69, 9.17) is 19.7 Å². The van der Waals surface area contributed by atoms with Crippen LogP contribution in [0.25, 0.3) is 0 Å². The number of hydrogen-bond acceptors (Lipinski definition) is 6. The second-order valence-electron chi connectivity index (χ2n) is 5.12. The zero-order valence-corrected chi connectivity index (χ0v) is 11.2. The number of rotatable bonds is 6. The van der Waals surface area contributed by atoms with Gasteiger partial charge in [-0.25, -0.2) is 0 Å². The summed E-state index contributed by atoms with van der Waals surface area (Å²) in [5, 5.41) is 3.91. The molecule has 0 amide bonds. The van der Waals surface area contributed by atoms with Gasteiger partial charge < -0.3 is 19.7 Å². The van der Waals surface area contributed by atoms with Crippen LogP contribution in [0.2, 0.25) is 0 Å². The topological polar surface area (TPSA) is 83.4 Å². The van der Waals surface area contributed by atoms with E-state index >= 15 is 0 Å². The molecule has 1 aromatic heterocycles. The van der Waals surface area contributed by atoms with Gasteiger partial charge in [0.25, 0.3) is 5.89 Å². The van der Waals surface area contributed by atoms with E-state index in [0.29, 0.717) is 24.4 Å². The zero-order valence-electron chi connectivity index (χ0n) is 11.2. The molecule has 0 spiro atoms. The molecule has 2 unspecified atom stereocenters. The standard InChI is InChI=1S/C12H21N3O3/c1-8(16-3)10-14-11(15-18-10)12(2,13)7-17-9-5-4-6-9/h8-9H,4-7,13H2,1-3H3. The number of aromatic nitrogens is 2. The van der Waals surface area contributed by atoms with Gasteiger partial charge in [0.15, 0.2) is 5.82 Å². The number of ether oxygens (including phenoxy) is 2. The zero-order chi connectivity index (χ0) is 13.2. The van der Waals surface area contributed by atoms with Crippen molar-refractivity contribution in [1.82, 2.24) is 10.1 Å². The molecule has 1 aliphatic rings. The van der Waals surface area contributed by atoms with Gasteiger partial charge in [-0.3, -0.25) is 0 Å². The predicted molar refractivity (Wildman–Crippen MR) is 64.9 cm³/mol. The molecule has 2 rings (SSSR count). The monoisotopic (exact) mass is 255 g/mol. The molecule has 0 saturated heterocycles. The fraction of sp³-hybridized carbons (Fsp3) is 0.833. The van der Waals surface area contributed by atoms with Gasteiger partial charge in [0.05, 0.1) is 12.7 Å². The molecule has 1 heterocycles. The maximum atomic E-state index is 6.17. The molecule has 18 heavy (non-hydrogen) atoms. The van der Waals surface area contributed by atoms with Crippen LogP contribution in [0.3, 0.4) is 0 Å². The van der Waals surface area contributed by atoms with E-state index in [0.717, 1.165) is 12.8 Å². The molecule has 1 saturated carbocycles. The lowest BCUT2D eigenvalue weighted by atomic mass is 9.95. The first-order valence-electron chi connectivity index (χ1n) is 6.30. The van der Waals surface area contributed by atoms with Crippen molar-refractivity contribution in [2.45, 2.75) is 50.9 Å². The van der Waals surface area contributed by atoms with Crippen LogP contribution < -0.4 is 5.73 Å². The molecule has 2 atom stereocenters. The minimum absolute atomic E-state index is 0.227. The first kappa shape index (κ1) is 13.5. The molecule has 102 valence electrons. The largest absolute Gasteiger partial charge is 0.376 e. The molecule has 0 bridgehead atoms. The van der Waals surface area contributed by atoms with Crippen molar-refractivity contribution in [2.24, 2.45) is 5.73 Å². The van der Waals surface area contributed by atoms with Crippen molar-refractivity contribution < 1.29 is 14.0 Å². The Hall–Kier alpha value is -0.980. The van der Waals surface area contributed by atoms with Gasteiger partial charge in [0.2, 0.25) is 0 Å². The SMILES string of the molecule is COC(C)c1nc(C(C)(N)COC2CCC2)no1. The molecule has 1 aromatic rings. The Bertz CT molecular complexity index is 388. The molecule has 1 fully saturated rings. The highest BCUT2D eigenvalue weighted by molar-refractivity contribution is 5.02. The molecule has 6 heteroatoms. The molecule has 0 radical (unpaired) electrons. The molecule has 1 aliphatic carbocycles. The van der Waals surface area contributed by atoms with Gasteiger partial charge in [-0.2, -0.15) is 4.98 Å². The van der Waals surface area contributed by atoms with Crippen LogP contribution in [-0.4, -0.2) is 30.0 Å². The highest BCUT2D eigenvalue weighted by atomic mass is 16.5. The molecule has 0 aliphatic heterocycles. The Morgan fingerprint density at radius 1 is 1.56 bits per heavy atom. The van der Waals surface area contributed by atoms with Crippen molar-refractivity contribution in [3.05, 3.63) is 11.7 Å². The Morgan fingerprint density at radius 2 is 2.28 bits per heavy atom. The fourth-order valence-corrected chi connectivity index (χ4v) is 1.63. The van der Waals surface area contributed by atoms with E-state index in [1.54, 1.807) is 7.11 Å². The highest BCUT2D eigenvalue weighted by Crippen LogP contribution is 2.25. The van der Waals surface area contributed by atoms with E-state index in [-0.39, 0.29) is 6.10 Å². The minimum Gasteiger partial charge on any atom is -0.376 e. The van der Waals surface area contributed by atoms with Crippen LogP contribution in [0.4, 0.5) is 0 Å². The smallest absolute Gasteiger partial charge is 0.255 e. The van der Waals surface area contributed by atoms with E-state index in [9.17, 15) is 0 Å². The van der Waals surface area contributed by atoms with Gasteiger partial charge in [0.1, 0.15) is 11.6 Å². The third-order valence-electron chi connectivity index (χ3n) is 3.32. The van der Waals surface area contributed by atoms with Gasteiger partial charge in [-0.15, -0.1) is 0 Å². The lowest BCUT2D eigenvalue weighted by Gasteiger charge is -2.29. The van der Waals surface area contributed by atoms with Crippen LogP contribution in [0.5, 0.6) is 0 Å². The van der Waals surface area contributed by atoms with Crippen LogP contribution in [0.15, 0.2) is 4.52 Å². The minimum atomic E-state index is -0.731. The van der Waals surface area contributed by atoms with Crippen molar-refractivity contribution in [3.8, 4) is 0 Å². The summed E-state index contributed by atoms with van der Waals surface area (Å²) < 4.78 is 16.0. The van der Waals surface area contributed by atoms with Crippen molar-refractivity contribution >= 4 is 0 Å². The van der Waals surface area contributed by atoms with E-state index in [1.165, 1.54) is 6.42 Å². The predicted octanol–water partition coefficient (Wildman–Crippen LogP) is 1.52. The second-order valence-corrected chi connectivity index (χ2v) is 5.12. The van der Waals surface area contributed by atoms with Gasteiger partial charge in [0, 0.05) is 7.11 Å². The van der Waals surface area contributed by atoms with Crippen LogP contribution in [0, 0.1) is 0 Å². The molecular weight excluding hydrogens is 234 g/mol. The third kappa shape index (κ3) is 2.88. The Labute approximate surface area is 107 Å². The lowest BCUT2D eigenvalue weighted by Crippen LogP contribution is -2.41. The van der Waals surface area contributed by atoms with E-state index in [1.807, 2.05) is 13.8 Å². The summed E-state index contributed by atoms with van der Waals surface area (Å²) in [6.07, 6.45) is 3.60. The summed E-state index contributed by atoms with van der Waals surface area (Å²) in [4.78, 5) is 4.27. The van der Waals surface area contributed by atoms with Crippen LogP contribution in [-0.2, 0) is 15.0 Å². The van der Waals surface area contributed by atoms with Crippen molar-refractivity contribution in [2.75, 3.05) is 13.7 Å². The fourth-order valence-electron chi connectivity index (χ4n) is 1.63. The first-order chi connectivity index (χ1) is 8.53. The number of nitrogens with zero attached hydrogens (tertiary/aromatic N) is 2. The third-order valence-corrected chi connectivity index (χ3v) is 3.32. The summed E-state index contributed by atoms with van der Waals surface area (Å²) in [6, 6.07) is 0. The summed E-state index contributed by atoms with van der Waals surface area (Å²) in [5.41, 5.74) is 5.44. The normalized spacial score (nSPS) is 21.3. The van der Waals surface area contributed by atoms with E-state index < -0.39 is 5.54 Å². The summed E-state index contributed by atoms with van der Waals surface area (Å²) in [6.45, 7) is 4.09. The number of methoxy groups -OCH3 is 1. The van der Waals surface area contributed by atoms with Crippen molar-refractivity contribution in [1.29, 1.82) is 0 Å². The highest BCUT2D eigenvalue weighted by Gasteiger charge is 2.31. The summed E-state index contributed by atoms with van der Waals surface area (Å²) in [7, 11) is 1.59. The maximum absolute atomic E-state index is 6.17. The molecule has 6 nitrogen and oxygen atoms in total.